The van der Waals surface area contributed by atoms with Crippen LogP contribution in [0.4, 0.5) is 0 Å². The molecule has 0 amide bonds. The first-order valence-corrected chi connectivity index (χ1v) is 10.9. The van der Waals surface area contributed by atoms with Gasteiger partial charge in [0.15, 0.2) is 0 Å². The van der Waals surface area contributed by atoms with Gasteiger partial charge in [0.25, 0.3) is 0 Å². The quantitative estimate of drug-likeness (QED) is 0.361. The summed E-state index contributed by atoms with van der Waals surface area (Å²) in [5, 5.41) is 1.87. The standard InChI is InChI=1S/C24H27NO4S/c1-7-8-16-9-11-20-18(13-16)19-14-17(10-12-21(19)29-20)24(5,15-22(26)28-6)25-30(27)23(2,3)4/h9-14,25H,15H2,1-6H3. The topological polar surface area (TPSA) is 74.5 Å². The number of rotatable bonds is 5. The fourth-order valence-electron chi connectivity index (χ4n) is 3.26. The van der Waals surface area contributed by atoms with Crippen LogP contribution >= 0.6 is 0 Å². The first kappa shape index (κ1) is 22.2. The third-order valence-electron chi connectivity index (χ3n) is 4.98. The zero-order chi connectivity index (χ0) is 22.1. The summed E-state index contributed by atoms with van der Waals surface area (Å²) in [6, 6.07) is 11.6. The molecule has 1 aromatic heterocycles. The molecule has 3 aromatic rings. The van der Waals surface area contributed by atoms with E-state index in [1.165, 1.54) is 7.11 Å². The average molecular weight is 426 g/mol. The predicted octanol–water partition coefficient (Wildman–Crippen LogP) is 4.79. The van der Waals surface area contributed by atoms with Gasteiger partial charge in [-0.2, -0.15) is 0 Å². The normalized spacial score (nSPS) is 14.8. The number of carbonyl (C=O) groups excluding carboxylic acids is 1. The Morgan fingerprint density at radius 2 is 1.77 bits per heavy atom. The number of nitrogens with one attached hydrogen (secondary N) is 1. The van der Waals surface area contributed by atoms with Gasteiger partial charge >= 0.3 is 5.97 Å². The number of esters is 1. The van der Waals surface area contributed by atoms with Gasteiger partial charge < -0.3 is 13.7 Å². The Morgan fingerprint density at radius 1 is 1.13 bits per heavy atom. The molecule has 2 aromatic carbocycles. The van der Waals surface area contributed by atoms with E-state index < -0.39 is 21.6 Å². The highest BCUT2D eigenvalue weighted by atomic mass is 32.2. The largest absolute Gasteiger partial charge is 0.598 e. The summed E-state index contributed by atoms with van der Waals surface area (Å²) < 4.78 is 26.4. The zero-order valence-electron chi connectivity index (χ0n) is 18.2. The lowest BCUT2D eigenvalue weighted by Crippen LogP contribution is -2.50. The Labute approximate surface area is 180 Å². The Hall–Kier alpha value is -2.46. The molecule has 0 fully saturated rings. The van der Waals surface area contributed by atoms with E-state index in [4.69, 9.17) is 9.15 Å². The summed E-state index contributed by atoms with van der Waals surface area (Å²) in [5.41, 5.74) is 2.36. The highest BCUT2D eigenvalue weighted by molar-refractivity contribution is 7.90. The van der Waals surface area contributed by atoms with Crippen molar-refractivity contribution in [2.75, 3.05) is 7.11 Å². The van der Waals surface area contributed by atoms with Gasteiger partial charge in [-0.25, -0.2) is 0 Å². The molecule has 1 N–H and O–H groups in total. The number of furan rings is 1. The molecule has 0 aliphatic rings. The van der Waals surface area contributed by atoms with Crippen molar-refractivity contribution < 1.29 is 18.5 Å². The lowest BCUT2D eigenvalue weighted by atomic mass is 9.88. The number of carbonyl (C=O) groups is 1. The molecule has 0 saturated heterocycles. The smallest absolute Gasteiger partial charge is 0.307 e. The number of hydrogen-bond donors (Lipinski definition) is 1. The molecule has 30 heavy (non-hydrogen) atoms. The molecule has 6 heteroatoms. The van der Waals surface area contributed by atoms with Crippen LogP contribution in [0.2, 0.25) is 0 Å². The van der Waals surface area contributed by atoms with Crippen LogP contribution in [-0.4, -0.2) is 22.4 Å². The van der Waals surface area contributed by atoms with Crippen LogP contribution in [-0.2, 0) is 26.4 Å². The maximum absolute atomic E-state index is 12.9. The highest BCUT2D eigenvalue weighted by Crippen LogP contribution is 2.35. The molecule has 0 radical (unpaired) electrons. The van der Waals surface area contributed by atoms with Gasteiger partial charge in [-0.05, 0) is 70.5 Å². The van der Waals surface area contributed by atoms with Gasteiger partial charge in [0.05, 0.1) is 19.1 Å². The van der Waals surface area contributed by atoms with Crippen LogP contribution in [0.5, 0.6) is 0 Å². The molecule has 0 aliphatic heterocycles. The molecule has 5 nitrogen and oxygen atoms in total. The Bertz CT molecular complexity index is 1150. The summed E-state index contributed by atoms with van der Waals surface area (Å²) in [6.07, 6.45) is 0.0408. The van der Waals surface area contributed by atoms with Crippen LogP contribution in [0.3, 0.4) is 0 Å². The Kier molecular flexibility index (Phi) is 6.19. The van der Waals surface area contributed by atoms with Crippen LogP contribution < -0.4 is 4.72 Å². The second-order valence-electron chi connectivity index (χ2n) is 8.47. The van der Waals surface area contributed by atoms with E-state index in [9.17, 15) is 9.35 Å². The fourth-order valence-corrected chi connectivity index (χ4v) is 4.16. The molecule has 2 atom stereocenters. The molecule has 158 valence electrons. The molecule has 1 heterocycles. The van der Waals surface area contributed by atoms with Crippen molar-refractivity contribution in [1.29, 1.82) is 0 Å². The van der Waals surface area contributed by atoms with E-state index in [1.807, 2.05) is 64.1 Å². The molecule has 3 rings (SSSR count). The number of hydrogen-bond acceptors (Lipinski definition) is 5. The fraction of sp³-hybridized carbons (Fsp3) is 0.375. The minimum atomic E-state index is -1.38. The molecular formula is C24H27NO4S. The van der Waals surface area contributed by atoms with Gasteiger partial charge in [0.2, 0.25) is 0 Å². The summed E-state index contributed by atoms with van der Waals surface area (Å²) >= 11 is -1.38. The summed E-state index contributed by atoms with van der Waals surface area (Å²) in [5.74, 6) is 5.60. The second kappa shape index (κ2) is 8.35. The monoisotopic (exact) mass is 425 g/mol. The minimum Gasteiger partial charge on any atom is -0.598 e. The van der Waals surface area contributed by atoms with Crippen LogP contribution in [0.15, 0.2) is 40.8 Å². The van der Waals surface area contributed by atoms with Gasteiger partial charge in [-0.1, -0.05) is 12.0 Å². The van der Waals surface area contributed by atoms with E-state index in [-0.39, 0.29) is 12.4 Å². The number of methoxy groups -OCH3 is 1. The van der Waals surface area contributed by atoms with E-state index >= 15 is 0 Å². The predicted molar refractivity (Wildman–Crippen MR) is 121 cm³/mol. The SMILES string of the molecule is CC#Cc1ccc2oc3ccc(C(C)(CC(=O)OC)N[S+]([O-])C(C)(C)C)cc3c2c1. The molecule has 0 saturated carbocycles. The third-order valence-corrected chi connectivity index (χ3v) is 6.72. The van der Waals surface area contributed by atoms with E-state index in [2.05, 4.69) is 16.6 Å². The van der Waals surface area contributed by atoms with Crippen LogP contribution in [0, 0.1) is 11.8 Å². The van der Waals surface area contributed by atoms with Crippen molar-refractivity contribution in [3.05, 3.63) is 47.5 Å². The van der Waals surface area contributed by atoms with E-state index in [0.717, 1.165) is 33.1 Å². The highest BCUT2D eigenvalue weighted by Gasteiger charge is 2.39. The number of benzene rings is 2. The van der Waals surface area contributed by atoms with E-state index in [0.29, 0.717) is 0 Å². The number of fused-ring (bicyclic) bond motifs is 3. The van der Waals surface area contributed by atoms with Gasteiger partial charge in [-0.3, -0.25) is 4.79 Å². The molecule has 0 aliphatic carbocycles. The minimum absolute atomic E-state index is 0.0408. The van der Waals surface area contributed by atoms with Crippen molar-refractivity contribution in [2.24, 2.45) is 0 Å². The maximum Gasteiger partial charge on any atom is 0.307 e. The maximum atomic E-state index is 12.9. The second-order valence-corrected chi connectivity index (χ2v) is 10.4. The Balaban J connectivity index is 2.14. The average Bonchev–Trinajstić information content (AvgIpc) is 3.04. The zero-order valence-corrected chi connectivity index (χ0v) is 19.0. The van der Waals surface area contributed by atoms with Gasteiger partial charge in [0, 0.05) is 27.7 Å². The molecular weight excluding hydrogens is 398 g/mol. The van der Waals surface area contributed by atoms with Crippen LogP contribution in [0.1, 0.15) is 52.2 Å². The first-order valence-electron chi connectivity index (χ1n) is 9.73. The van der Waals surface area contributed by atoms with Crippen molar-refractivity contribution in [1.82, 2.24) is 4.72 Å². The Morgan fingerprint density at radius 3 is 2.37 bits per heavy atom. The van der Waals surface area contributed by atoms with Gasteiger partial charge in [-0.15, -0.1) is 10.6 Å². The lowest BCUT2D eigenvalue weighted by Gasteiger charge is -2.34. The van der Waals surface area contributed by atoms with Crippen molar-refractivity contribution in [3.63, 3.8) is 0 Å². The molecule has 0 spiro atoms. The first-order chi connectivity index (χ1) is 14.1. The lowest BCUT2D eigenvalue weighted by molar-refractivity contribution is -0.142. The van der Waals surface area contributed by atoms with Crippen molar-refractivity contribution in [3.8, 4) is 11.8 Å². The summed E-state index contributed by atoms with van der Waals surface area (Å²) in [4.78, 5) is 12.2. The summed E-state index contributed by atoms with van der Waals surface area (Å²) in [7, 11) is 1.35. The van der Waals surface area contributed by atoms with Crippen LogP contribution in [0.25, 0.3) is 21.9 Å². The van der Waals surface area contributed by atoms with Crippen molar-refractivity contribution in [2.45, 2.75) is 51.3 Å². The molecule has 0 bridgehead atoms. The van der Waals surface area contributed by atoms with Gasteiger partial charge in [0.1, 0.15) is 15.9 Å². The van der Waals surface area contributed by atoms with Crippen molar-refractivity contribution >= 4 is 39.3 Å². The third kappa shape index (κ3) is 4.49. The van der Waals surface area contributed by atoms with E-state index in [1.54, 1.807) is 6.92 Å². The molecule has 2 unspecified atom stereocenters. The summed E-state index contributed by atoms with van der Waals surface area (Å²) in [6.45, 7) is 9.33. The number of ether oxygens (including phenoxy) is 1.